The number of nitrogens with one attached hydrogen (secondary N) is 8. The van der Waals surface area contributed by atoms with Gasteiger partial charge in [0.25, 0.3) is 0 Å². The summed E-state index contributed by atoms with van der Waals surface area (Å²) in [5.41, 5.74) is 28.8. The first-order valence-electron chi connectivity index (χ1n) is 22.3. The van der Waals surface area contributed by atoms with Crippen LogP contribution in [-0.4, -0.2) is 154 Å². The monoisotopic (exact) mass is 971 g/mol. The van der Waals surface area contributed by atoms with Gasteiger partial charge in [0.05, 0.1) is 19.1 Å². The molecule has 0 saturated carbocycles. The molecule has 1 aliphatic heterocycles. The summed E-state index contributed by atoms with van der Waals surface area (Å²) in [6.07, 6.45) is 0.614. The fraction of sp³-hybridized carbons (Fsp3) is 0.548. The minimum Gasteiger partial charge on any atom is -0.481 e. The fourth-order valence-corrected chi connectivity index (χ4v) is 7.13. The molecule has 27 heteroatoms. The van der Waals surface area contributed by atoms with E-state index in [0.717, 1.165) is 0 Å². The van der Waals surface area contributed by atoms with E-state index in [1.807, 2.05) is 0 Å². The number of carbonyl (C=O) groups is 9. The number of aromatic amines is 1. The van der Waals surface area contributed by atoms with E-state index in [-0.39, 0.29) is 70.1 Å². The van der Waals surface area contributed by atoms with Crippen LogP contribution in [0.3, 0.4) is 0 Å². The predicted octanol–water partition coefficient (Wildman–Crippen LogP) is -4.92. The second-order valence-electron chi connectivity index (χ2n) is 16.3. The Kier molecular flexibility index (Phi) is 23.1. The molecular formula is C42H65N15O12. The number of aliphatic hydroxyl groups excluding tert-OH is 1. The third-order valence-corrected chi connectivity index (χ3v) is 10.8. The minimum absolute atomic E-state index is 0.00257. The number of nitrogens with zero attached hydrogens (tertiary/aromatic N) is 2. The third kappa shape index (κ3) is 19.7. The summed E-state index contributed by atoms with van der Waals surface area (Å²) < 4.78 is 0. The topological polar surface area (TPSA) is 469 Å². The largest absolute Gasteiger partial charge is 0.481 e. The molecule has 21 N–H and O–H groups in total. The van der Waals surface area contributed by atoms with Crippen LogP contribution in [0, 0.1) is 0 Å². The molecule has 3 rings (SSSR count). The Morgan fingerprint density at radius 1 is 0.739 bits per heavy atom. The van der Waals surface area contributed by atoms with Gasteiger partial charge in [0.15, 0.2) is 11.9 Å². The summed E-state index contributed by atoms with van der Waals surface area (Å²) in [6, 6.07) is -3.87. The maximum Gasteiger partial charge on any atom is 0.326 e. The van der Waals surface area contributed by atoms with Gasteiger partial charge >= 0.3 is 11.9 Å². The van der Waals surface area contributed by atoms with E-state index in [0.29, 0.717) is 35.7 Å². The lowest BCUT2D eigenvalue weighted by molar-refractivity contribution is -0.143. The van der Waals surface area contributed by atoms with Crippen LogP contribution >= 0.6 is 0 Å². The molecule has 27 nitrogen and oxygen atoms in total. The van der Waals surface area contributed by atoms with E-state index in [1.165, 1.54) is 0 Å². The zero-order chi connectivity index (χ0) is 51.0. The second kappa shape index (κ2) is 28.6. The lowest BCUT2D eigenvalue weighted by atomic mass is 10.0. The quantitative estimate of drug-likeness (QED) is 0.0401. The van der Waals surface area contributed by atoms with Crippen molar-refractivity contribution in [3.05, 3.63) is 36.0 Å². The van der Waals surface area contributed by atoms with Gasteiger partial charge in [-0.1, -0.05) is 18.2 Å². The summed E-state index contributed by atoms with van der Waals surface area (Å²) >= 11 is 0. The molecule has 0 radical (unpaired) electrons. The van der Waals surface area contributed by atoms with Crippen LogP contribution in [0.25, 0.3) is 10.9 Å². The minimum atomic E-state index is -1.92. The number of carboxylic acids is 2. The van der Waals surface area contributed by atoms with E-state index < -0.39 is 121 Å². The van der Waals surface area contributed by atoms with E-state index in [4.69, 9.17) is 28.7 Å². The number of benzene rings is 1. The molecule has 7 amide bonds. The summed E-state index contributed by atoms with van der Waals surface area (Å²) in [7, 11) is 0. The van der Waals surface area contributed by atoms with Crippen molar-refractivity contribution in [3.63, 3.8) is 0 Å². The van der Waals surface area contributed by atoms with Gasteiger partial charge in [-0.3, -0.25) is 48.3 Å². The molecule has 1 aromatic heterocycles. The number of amides is 7. The predicted molar refractivity (Wildman–Crippen MR) is 249 cm³/mol. The number of carboxylic acid groups (broad SMARTS) is 2. The van der Waals surface area contributed by atoms with E-state index >= 15 is 0 Å². The van der Waals surface area contributed by atoms with Crippen molar-refractivity contribution in [1.29, 1.82) is 0 Å². The smallest absolute Gasteiger partial charge is 0.326 e. The lowest BCUT2D eigenvalue weighted by Crippen LogP contribution is -2.60. The number of aliphatic imine (C=N–C) groups is 2. The Morgan fingerprint density at radius 3 is 2.01 bits per heavy atom. The first-order valence-corrected chi connectivity index (χ1v) is 22.3. The lowest BCUT2D eigenvalue weighted by Gasteiger charge is -2.27. The van der Waals surface area contributed by atoms with Crippen LogP contribution in [0.4, 0.5) is 0 Å². The number of para-hydroxylation sites is 1. The van der Waals surface area contributed by atoms with Gasteiger partial charge in [-0.15, -0.1) is 0 Å². The fourth-order valence-electron chi connectivity index (χ4n) is 7.13. The average Bonchev–Trinajstić information content (AvgIpc) is 3.70. The summed E-state index contributed by atoms with van der Waals surface area (Å²) in [5, 5.41) is 47.7. The van der Waals surface area contributed by atoms with Crippen LogP contribution in [0.2, 0.25) is 0 Å². The van der Waals surface area contributed by atoms with Crippen LogP contribution in [-0.2, 0) is 49.6 Å². The zero-order valence-corrected chi connectivity index (χ0v) is 38.0. The van der Waals surface area contributed by atoms with Crippen molar-refractivity contribution in [2.24, 2.45) is 38.7 Å². The molecule has 1 fully saturated rings. The molecule has 1 saturated heterocycles. The Balaban J connectivity index is 2.06. The van der Waals surface area contributed by atoms with Crippen molar-refractivity contribution in [1.82, 2.24) is 42.2 Å². The normalized spacial score (nSPS) is 22.2. The van der Waals surface area contributed by atoms with E-state index in [2.05, 4.69) is 52.2 Å². The van der Waals surface area contributed by atoms with Crippen LogP contribution in [0.1, 0.15) is 76.2 Å². The number of unbranched alkanes of at least 4 members (excludes halogenated alkanes) is 1. The number of rotatable bonds is 17. The van der Waals surface area contributed by atoms with Crippen LogP contribution in [0.5, 0.6) is 0 Å². The van der Waals surface area contributed by atoms with E-state index in [9.17, 15) is 58.5 Å². The van der Waals surface area contributed by atoms with Gasteiger partial charge in [-0.2, -0.15) is 0 Å². The number of aromatic nitrogens is 1. The second-order valence-corrected chi connectivity index (χ2v) is 16.3. The van der Waals surface area contributed by atoms with Gasteiger partial charge < -0.3 is 86.2 Å². The Morgan fingerprint density at radius 2 is 1.35 bits per heavy atom. The SMILES string of the molecule is NC(N)=NCCCCC(NC(=O)[C@H]1CCC(=O)NCCCC[C@@H](N)C(=O)N[C@@H](CO)C(=O)N[C@@H](CCCN=C(N)N)C(=O)N[C@@H](Cc2c[nH]c3ccccc23)C(=O)N[C@@H](CC(=O)O)C(=O)N1)C(=O)O. The molecule has 2 heterocycles. The van der Waals surface area contributed by atoms with Gasteiger partial charge in [0.1, 0.15) is 36.3 Å². The van der Waals surface area contributed by atoms with Crippen molar-refractivity contribution < 1.29 is 58.5 Å². The highest BCUT2D eigenvalue weighted by Crippen LogP contribution is 2.20. The van der Waals surface area contributed by atoms with Crippen molar-refractivity contribution >= 4 is 76.1 Å². The van der Waals surface area contributed by atoms with Crippen molar-refractivity contribution in [2.45, 2.75) is 119 Å². The number of nitrogens with two attached hydrogens (primary N) is 5. The first kappa shape index (κ1) is 55.8. The van der Waals surface area contributed by atoms with Crippen LogP contribution < -0.4 is 65.9 Å². The third-order valence-electron chi connectivity index (χ3n) is 10.8. The Bertz CT molecular complexity index is 2180. The molecule has 1 aromatic carbocycles. The highest BCUT2D eigenvalue weighted by Gasteiger charge is 2.35. The highest BCUT2D eigenvalue weighted by molar-refractivity contribution is 5.98. The van der Waals surface area contributed by atoms with Gasteiger partial charge in [0, 0.05) is 49.6 Å². The van der Waals surface area contributed by atoms with Gasteiger partial charge in [-0.25, -0.2) is 4.79 Å². The Labute approximate surface area is 396 Å². The zero-order valence-electron chi connectivity index (χ0n) is 38.0. The van der Waals surface area contributed by atoms with E-state index in [1.54, 1.807) is 30.5 Å². The standard InChI is InChI=1S/C42H65N15O12/c43-24-9-3-5-15-48-32(59)14-13-27(36(64)54-28(40(68)69)11-4-6-16-49-41(44)45)53-38(66)30(19-33(60)61)56-37(65)29(18-22-20-51-25-10-2-1-8-23(22)25)55-35(63)26(12-7-17-50-42(46)47)52-39(67)31(21-58)57-34(24)62/h1-2,8,10,20,24,26-31,51,58H,3-7,9,11-19,21,43H2,(H,48,59)(H,52,67)(H,53,66)(H,54,64)(H,55,63)(H,56,65)(H,57,62)(H,60,61)(H,68,69)(H4,44,45,49)(H4,46,47,50)/t24-,26+,27-,28?,29+,30+,31+/m1/s1. The Hall–Kier alpha value is -7.55. The van der Waals surface area contributed by atoms with Gasteiger partial charge in [0.2, 0.25) is 41.4 Å². The molecule has 0 bridgehead atoms. The average molecular weight is 972 g/mol. The molecule has 69 heavy (non-hydrogen) atoms. The molecule has 7 atom stereocenters. The molecule has 1 unspecified atom stereocenters. The summed E-state index contributed by atoms with van der Waals surface area (Å²) in [6.45, 7) is -0.632. The maximum atomic E-state index is 14.3. The van der Waals surface area contributed by atoms with Crippen molar-refractivity contribution in [3.8, 4) is 0 Å². The number of hydrogen-bond acceptors (Lipinski definition) is 13. The maximum absolute atomic E-state index is 14.3. The first-order chi connectivity index (χ1) is 32.8. The molecule has 380 valence electrons. The number of aliphatic carboxylic acids is 2. The number of aliphatic hydroxyl groups is 1. The number of fused-ring (bicyclic) bond motifs is 1. The summed E-state index contributed by atoms with van der Waals surface area (Å²) in [4.78, 5) is 131. The van der Waals surface area contributed by atoms with Crippen LogP contribution in [0.15, 0.2) is 40.4 Å². The number of H-pyrrole nitrogens is 1. The molecule has 1 aliphatic rings. The number of guanidine groups is 2. The number of hydrogen-bond donors (Lipinski definition) is 16. The number of carbonyl (C=O) groups excluding carboxylic acids is 7. The highest BCUT2D eigenvalue weighted by atomic mass is 16.4. The molecule has 0 spiro atoms. The van der Waals surface area contributed by atoms with Gasteiger partial charge in [-0.05, 0) is 69.4 Å². The molecule has 2 aromatic rings. The summed E-state index contributed by atoms with van der Waals surface area (Å²) in [5.74, 6) is -10.1. The molecule has 0 aliphatic carbocycles. The van der Waals surface area contributed by atoms with Crippen molar-refractivity contribution in [2.75, 3.05) is 26.2 Å². The molecular weight excluding hydrogens is 907 g/mol.